The van der Waals surface area contributed by atoms with Crippen LogP contribution in [0.25, 0.3) is 100 Å². The molecule has 10 aromatic rings. The third kappa shape index (κ3) is 4.52. The number of furan rings is 2. The monoisotopic (exact) mass is 641 g/mol. The molecule has 0 N–H and O–H groups in total. The molecule has 0 saturated carbocycles. The molecule has 50 heavy (non-hydrogen) atoms. The van der Waals surface area contributed by atoms with Crippen molar-refractivity contribution >= 4 is 43.9 Å². The van der Waals surface area contributed by atoms with E-state index in [1.54, 1.807) is 0 Å². The Morgan fingerprint density at radius 1 is 0.300 bits per heavy atom. The van der Waals surface area contributed by atoms with E-state index in [9.17, 15) is 0 Å². The fourth-order valence-electron chi connectivity index (χ4n) is 7.05. The van der Waals surface area contributed by atoms with Gasteiger partial charge in [0.25, 0.3) is 0 Å². The Kier molecular flexibility index (Phi) is 6.42. The SMILES string of the molecule is c1ccc(-c2nc(-c3ccc(-c4ccccc4)c4oc5ccccc5c34)nc(-c3ccc(-c4ccccc4)c4oc5ccccc5c34)n2)cc1. The minimum absolute atomic E-state index is 0.568. The van der Waals surface area contributed by atoms with Crippen molar-refractivity contribution in [2.75, 3.05) is 0 Å². The van der Waals surface area contributed by atoms with Gasteiger partial charge in [0.15, 0.2) is 17.5 Å². The van der Waals surface area contributed by atoms with Crippen molar-refractivity contribution in [1.29, 1.82) is 0 Å². The summed E-state index contributed by atoms with van der Waals surface area (Å²) in [5.74, 6) is 1.72. The Morgan fingerprint density at radius 3 is 1.12 bits per heavy atom. The minimum atomic E-state index is 0.568. The van der Waals surface area contributed by atoms with Crippen molar-refractivity contribution < 1.29 is 8.83 Å². The van der Waals surface area contributed by atoms with E-state index in [1.165, 1.54) is 0 Å². The van der Waals surface area contributed by atoms with Gasteiger partial charge in [-0.25, -0.2) is 15.0 Å². The second-order valence-electron chi connectivity index (χ2n) is 12.3. The molecular weight excluding hydrogens is 615 g/mol. The number of rotatable bonds is 5. The Labute approximate surface area is 287 Å². The Hall–Kier alpha value is -6.85. The van der Waals surface area contributed by atoms with Gasteiger partial charge in [0.2, 0.25) is 0 Å². The molecule has 0 bridgehead atoms. The summed E-state index contributed by atoms with van der Waals surface area (Å²) in [5.41, 5.74) is 10.1. The molecule has 0 unspecified atom stereocenters. The summed E-state index contributed by atoms with van der Waals surface area (Å²) in [4.78, 5) is 15.6. The smallest absolute Gasteiger partial charge is 0.164 e. The lowest BCUT2D eigenvalue weighted by molar-refractivity contribution is 0.669. The molecule has 5 heteroatoms. The maximum absolute atomic E-state index is 6.60. The maximum Gasteiger partial charge on any atom is 0.164 e. The maximum atomic E-state index is 6.60. The summed E-state index contributed by atoms with van der Waals surface area (Å²) in [5, 5.41) is 3.95. The van der Waals surface area contributed by atoms with Crippen LogP contribution in [0.15, 0.2) is 173 Å². The highest BCUT2D eigenvalue weighted by atomic mass is 16.3. The molecule has 7 aromatic carbocycles. The quantitative estimate of drug-likeness (QED) is 0.187. The fraction of sp³-hybridized carbons (Fsp3) is 0. The van der Waals surface area contributed by atoms with Crippen LogP contribution >= 0.6 is 0 Å². The first-order valence-electron chi connectivity index (χ1n) is 16.6. The second kappa shape index (κ2) is 11.4. The van der Waals surface area contributed by atoms with Gasteiger partial charge in [-0.3, -0.25) is 0 Å². The van der Waals surface area contributed by atoms with E-state index < -0.39 is 0 Å². The molecule has 0 radical (unpaired) electrons. The second-order valence-corrected chi connectivity index (χ2v) is 12.3. The molecule has 0 saturated heterocycles. The summed E-state index contributed by atoms with van der Waals surface area (Å²) in [7, 11) is 0. The van der Waals surface area contributed by atoms with Gasteiger partial charge in [0.05, 0.1) is 0 Å². The van der Waals surface area contributed by atoms with Gasteiger partial charge in [-0.2, -0.15) is 0 Å². The molecule has 0 amide bonds. The number of fused-ring (bicyclic) bond motifs is 6. The van der Waals surface area contributed by atoms with Crippen molar-refractivity contribution in [3.8, 4) is 56.4 Å². The van der Waals surface area contributed by atoms with Crippen LogP contribution in [0.1, 0.15) is 0 Å². The summed E-state index contributed by atoms with van der Waals surface area (Å²) in [6, 6.07) is 55.5. The summed E-state index contributed by atoms with van der Waals surface area (Å²) in [6.07, 6.45) is 0. The van der Waals surface area contributed by atoms with E-state index in [4.69, 9.17) is 23.8 Å². The highest BCUT2D eigenvalue weighted by molar-refractivity contribution is 6.17. The summed E-state index contributed by atoms with van der Waals surface area (Å²) in [6.45, 7) is 0. The van der Waals surface area contributed by atoms with Gasteiger partial charge >= 0.3 is 0 Å². The van der Waals surface area contributed by atoms with Crippen LogP contribution in [0.2, 0.25) is 0 Å². The Bertz CT molecular complexity index is 2680. The van der Waals surface area contributed by atoms with Crippen molar-refractivity contribution in [3.05, 3.63) is 164 Å². The molecule has 5 nitrogen and oxygen atoms in total. The van der Waals surface area contributed by atoms with Gasteiger partial charge in [-0.05, 0) is 47.5 Å². The third-order valence-corrected chi connectivity index (χ3v) is 9.37. The standard InChI is InChI=1S/C45H27N3O2/c1-4-14-28(15-5-1)31-24-26-35(39-33-20-10-12-22-37(33)49-41(31)39)44-46-43(30-18-8-3-9-19-30)47-45(48-44)36-27-25-32(29-16-6-2-7-17-29)42-40(36)34-21-11-13-23-38(34)50-42/h1-27H. The molecule has 3 aromatic heterocycles. The summed E-state index contributed by atoms with van der Waals surface area (Å²) >= 11 is 0. The molecule has 3 heterocycles. The van der Waals surface area contributed by atoms with E-state index in [2.05, 4.69) is 60.7 Å². The first kappa shape index (κ1) is 28.2. The van der Waals surface area contributed by atoms with Gasteiger partial charge in [-0.1, -0.05) is 127 Å². The first-order valence-corrected chi connectivity index (χ1v) is 16.6. The molecule has 0 aliphatic heterocycles. The van der Waals surface area contributed by atoms with Crippen molar-refractivity contribution in [1.82, 2.24) is 15.0 Å². The molecule has 10 rings (SSSR count). The number of para-hydroxylation sites is 2. The van der Waals surface area contributed by atoms with Crippen LogP contribution in [0.4, 0.5) is 0 Å². The molecule has 0 fully saturated rings. The lowest BCUT2D eigenvalue weighted by Crippen LogP contribution is -2.01. The minimum Gasteiger partial charge on any atom is -0.455 e. The van der Waals surface area contributed by atoms with Crippen LogP contribution in [-0.2, 0) is 0 Å². The van der Waals surface area contributed by atoms with Gasteiger partial charge in [-0.15, -0.1) is 0 Å². The van der Waals surface area contributed by atoms with Gasteiger partial charge in [0.1, 0.15) is 22.3 Å². The van der Waals surface area contributed by atoms with Crippen LogP contribution in [0.3, 0.4) is 0 Å². The fourth-order valence-corrected chi connectivity index (χ4v) is 7.05. The molecule has 0 spiro atoms. The van der Waals surface area contributed by atoms with Gasteiger partial charge < -0.3 is 8.83 Å². The van der Waals surface area contributed by atoms with E-state index in [0.717, 1.165) is 82.8 Å². The van der Waals surface area contributed by atoms with Crippen LogP contribution in [0, 0.1) is 0 Å². The van der Waals surface area contributed by atoms with E-state index in [1.807, 2.05) is 103 Å². The van der Waals surface area contributed by atoms with Crippen molar-refractivity contribution in [2.45, 2.75) is 0 Å². The van der Waals surface area contributed by atoms with Crippen molar-refractivity contribution in [2.24, 2.45) is 0 Å². The topological polar surface area (TPSA) is 65.0 Å². The highest BCUT2D eigenvalue weighted by Crippen LogP contribution is 2.44. The predicted molar refractivity (Wildman–Crippen MR) is 202 cm³/mol. The van der Waals surface area contributed by atoms with E-state index >= 15 is 0 Å². The number of hydrogen-bond acceptors (Lipinski definition) is 5. The van der Waals surface area contributed by atoms with E-state index in [0.29, 0.717) is 17.5 Å². The van der Waals surface area contributed by atoms with Crippen LogP contribution in [-0.4, -0.2) is 15.0 Å². The number of hydrogen-bond donors (Lipinski definition) is 0. The molecule has 0 aliphatic carbocycles. The van der Waals surface area contributed by atoms with Crippen molar-refractivity contribution in [3.63, 3.8) is 0 Å². The molecule has 0 atom stereocenters. The lowest BCUT2D eigenvalue weighted by Gasteiger charge is -2.12. The zero-order valence-corrected chi connectivity index (χ0v) is 26.7. The zero-order chi connectivity index (χ0) is 33.0. The van der Waals surface area contributed by atoms with Crippen LogP contribution in [0.5, 0.6) is 0 Å². The average Bonchev–Trinajstić information content (AvgIpc) is 3.78. The lowest BCUT2D eigenvalue weighted by atomic mass is 9.97. The first-order chi connectivity index (χ1) is 24.8. The molecule has 234 valence electrons. The normalized spacial score (nSPS) is 11.6. The largest absolute Gasteiger partial charge is 0.455 e. The summed E-state index contributed by atoms with van der Waals surface area (Å²) < 4.78 is 13.2. The van der Waals surface area contributed by atoms with E-state index in [-0.39, 0.29) is 0 Å². The molecule has 0 aliphatic rings. The predicted octanol–water partition coefficient (Wildman–Crippen LogP) is 12.0. The third-order valence-electron chi connectivity index (χ3n) is 9.37. The number of benzene rings is 7. The zero-order valence-electron chi connectivity index (χ0n) is 26.7. The highest BCUT2D eigenvalue weighted by Gasteiger charge is 2.23. The number of aromatic nitrogens is 3. The van der Waals surface area contributed by atoms with Gasteiger partial charge in [0, 0.05) is 49.4 Å². The Balaban J connectivity index is 1.28. The average molecular weight is 642 g/mol. The Morgan fingerprint density at radius 2 is 0.660 bits per heavy atom. The van der Waals surface area contributed by atoms with Crippen LogP contribution < -0.4 is 0 Å². The molecular formula is C45H27N3O2. The number of nitrogens with zero attached hydrogens (tertiary/aromatic N) is 3.